The molecular weight excluding hydrogens is 514 g/mol. The first-order chi connectivity index (χ1) is 18.8. The van der Waals surface area contributed by atoms with Gasteiger partial charge in [0.1, 0.15) is 17.1 Å². The van der Waals surface area contributed by atoms with Crippen LogP contribution in [0.15, 0.2) is 39.7 Å². The molecule has 0 aromatic carbocycles. The van der Waals surface area contributed by atoms with Crippen LogP contribution in [0, 0.1) is 11.8 Å². The molecule has 2 unspecified atom stereocenters. The highest BCUT2D eigenvalue weighted by Gasteiger charge is 2.25. The van der Waals surface area contributed by atoms with Gasteiger partial charge in [0.2, 0.25) is 0 Å². The molecule has 2 aromatic rings. The third-order valence-corrected chi connectivity index (χ3v) is 8.91. The number of aromatic hydroxyl groups is 1. The fourth-order valence-corrected chi connectivity index (χ4v) is 6.27. The van der Waals surface area contributed by atoms with E-state index >= 15 is 0 Å². The third kappa shape index (κ3) is 9.67. The first-order valence-corrected chi connectivity index (χ1v) is 15.1. The Morgan fingerprint density at radius 3 is 2.56 bits per heavy atom. The Morgan fingerprint density at radius 2 is 1.87 bits per heavy atom. The minimum Gasteiger partial charge on any atom is -0.507 e. The number of hydrogen-bond donors (Lipinski definition) is 2. The zero-order valence-corrected chi connectivity index (χ0v) is 24.3. The van der Waals surface area contributed by atoms with Crippen LogP contribution in [0.3, 0.4) is 0 Å². The van der Waals surface area contributed by atoms with Crippen LogP contribution in [-0.4, -0.2) is 24.1 Å². The summed E-state index contributed by atoms with van der Waals surface area (Å²) in [6, 6.07) is 5.74. The van der Waals surface area contributed by atoms with E-state index in [9.17, 15) is 19.5 Å². The number of ether oxygens (including phenoxy) is 1. The van der Waals surface area contributed by atoms with Crippen molar-refractivity contribution in [2.45, 2.75) is 96.8 Å². The molecule has 8 heteroatoms. The maximum Gasteiger partial charge on any atom is 0.410 e. The van der Waals surface area contributed by atoms with Crippen LogP contribution in [0.1, 0.15) is 110 Å². The summed E-state index contributed by atoms with van der Waals surface area (Å²) in [6.07, 6.45) is 16.0. The van der Waals surface area contributed by atoms with E-state index in [4.69, 9.17) is 4.42 Å². The lowest BCUT2D eigenvalue weighted by molar-refractivity contribution is 0.0916. The molecule has 2 N–H and O–H groups in total. The number of nitrogens with one attached hydrogen (secondary N) is 1. The second-order valence-corrected chi connectivity index (χ2v) is 12.0. The molecule has 1 saturated carbocycles. The molecule has 0 radical (unpaired) electrons. The lowest BCUT2D eigenvalue weighted by atomic mass is 9.86. The van der Waals surface area contributed by atoms with Crippen LogP contribution >= 0.6 is 11.3 Å². The van der Waals surface area contributed by atoms with Gasteiger partial charge < -0.3 is 14.3 Å². The van der Waals surface area contributed by atoms with Gasteiger partial charge in [-0.1, -0.05) is 58.4 Å². The predicted molar refractivity (Wildman–Crippen MR) is 155 cm³/mol. The maximum absolute atomic E-state index is 13.0. The number of ketones is 1. The Morgan fingerprint density at radius 1 is 1.15 bits per heavy atom. The number of alkyl carbamates (subject to hydrolysis) is 1. The predicted octanol–water partition coefficient (Wildman–Crippen LogP) is 7.51. The van der Waals surface area contributed by atoms with Crippen molar-refractivity contribution in [1.29, 1.82) is 0 Å². The quantitative estimate of drug-likeness (QED) is 0.233. The molecule has 1 fully saturated rings. The van der Waals surface area contributed by atoms with Crippen LogP contribution < -0.4 is 10.9 Å². The van der Waals surface area contributed by atoms with Gasteiger partial charge in [-0.25, -0.2) is 9.59 Å². The van der Waals surface area contributed by atoms with Gasteiger partial charge in [0.05, 0.1) is 7.11 Å². The van der Waals surface area contributed by atoms with Gasteiger partial charge in [0, 0.05) is 33.9 Å². The number of allylic oxidation sites excluding steroid dienone is 1. The highest BCUT2D eigenvalue weighted by atomic mass is 32.1. The number of carbonyl (C=O) groups excluding carboxylic acids is 2. The van der Waals surface area contributed by atoms with E-state index in [2.05, 4.69) is 22.2 Å². The maximum atomic E-state index is 13.0. The Bertz CT molecular complexity index is 1160. The van der Waals surface area contributed by atoms with Crippen molar-refractivity contribution < 1.29 is 23.8 Å². The number of aryl methyl sites for hydroxylation is 2. The van der Waals surface area contributed by atoms with Crippen molar-refractivity contribution in [3.05, 3.63) is 62.0 Å². The smallest absolute Gasteiger partial charge is 0.410 e. The Kier molecular flexibility index (Phi) is 12.3. The Balaban J connectivity index is 1.47. The highest BCUT2D eigenvalue weighted by Crippen LogP contribution is 2.30. The van der Waals surface area contributed by atoms with Gasteiger partial charge >= 0.3 is 11.7 Å². The fourth-order valence-electron chi connectivity index (χ4n) is 5.19. The molecule has 0 bridgehead atoms. The van der Waals surface area contributed by atoms with Gasteiger partial charge in [-0.05, 0) is 56.6 Å². The van der Waals surface area contributed by atoms with Crippen LogP contribution in [0.4, 0.5) is 4.79 Å². The lowest BCUT2D eigenvalue weighted by Gasteiger charge is -2.21. The second kappa shape index (κ2) is 15.7. The van der Waals surface area contributed by atoms with E-state index < -0.39 is 17.6 Å². The monoisotopic (exact) mass is 557 g/mol. The zero-order valence-electron chi connectivity index (χ0n) is 23.5. The molecule has 2 heterocycles. The van der Waals surface area contributed by atoms with E-state index in [-0.39, 0.29) is 23.0 Å². The van der Waals surface area contributed by atoms with Crippen LogP contribution in [0.2, 0.25) is 0 Å². The number of methoxy groups -OCH3 is 1. The molecule has 0 spiro atoms. The average Bonchev–Trinajstić information content (AvgIpc) is 3.38. The van der Waals surface area contributed by atoms with E-state index in [0.29, 0.717) is 25.0 Å². The normalized spacial score (nSPS) is 15.8. The zero-order chi connectivity index (χ0) is 28.2. The molecule has 214 valence electrons. The summed E-state index contributed by atoms with van der Waals surface area (Å²) >= 11 is 1.82. The molecule has 1 aliphatic carbocycles. The first kappa shape index (κ1) is 30.7. The lowest BCUT2D eigenvalue weighted by Crippen LogP contribution is -2.21. The molecule has 1 aliphatic rings. The summed E-state index contributed by atoms with van der Waals surface area (Å²) in [7, 11) is 1.29. The van der Waals surface area contributed by atoms with Crippen molar-refractivity contribution in [3.63, 3.8) is 0 Å². The molecule has 39 heavy (non-hydrogen) atoms. The largest absolute Gasteiger partial charge is 0.507 e. The molecule has 0 saturated heterocycles. The van der Waals surface area contributed by atoms with E-state index in [1.165, 1.54) is 74.1 Å². The molecule has 2 atom stereocenters. The molecule has 1 amide bonds. The minimum absolute atomic E-state index is 0.163. The summed E-state index contributed by atoms with van der Waals surface area (Å²) in [5, 5.41) is 13.0. The van der Waals surface area contributed by atoms with E-state index in [1.54, 1.807) is 13.0 Å². The molecule has 7 nitrogen and oxygen atoms in total. The second-order valence-electron chi connectivity index (χ2n) is 10.8. The first-order valence-electron chi connectivity index (χ1n) is 14.3. The van der Waals surface area contributed by atoms with Crippen LogP contribution in [-0.2, 0) is 17.6 Å². The third-order valence-electron chi connectivity index (χ3n) is 7.70. The number of Topliss-reactive ketones (excluding diaryl/α,β-unsaturated/α-hetero) is 1. The van der Waals surface area contributed by atoms with Gasteiger partial charge in [-0.2, -0.15) is 0 Å². The number of hydrogen-bond acceptors (Lipinski definition) is 7. The number of amides is 1. The highest BCUT2D eigenvalue weighted by molar-refractivity contribution is 7.11. The molecule has 3 rings (SSSR count). The van der Waals surface area contributed by atoms with Gasteiger partial charge in [0.15, 0.2) is 5.78 Å². The SMILES string of the molecule is COC(=O)N/C=C/CCC(C)c1cc(O)c(C(=O)C(C)CCc2ccc(CCCC3CCCCC3)s2)c(=O)o1. The molecule has 2 aromatic heterocycles. The van der Waals surface area contributed by atoms with Crippen LogP contribution in [0.25, 0.3) is 0 Å². The summed E-state index contributed by atoms with van der Waals surface area (Å²) in [4.78, 5) is 39.4. The number of carbonyl (C=O) groups is 2. The van der Waals surface area contributed by atoms with Gasteiger partial charge in [-0.3, -0.25) is 10.1 Å². The minimum atomic E-state index is -0.798. The van der Waals surface area contributed by atoms with Crippen LogP contribution in [0.5, 0.6) is 5.75 Å². The van der Waals surface area contributed by atoms with Crippen molar-refractivity contribution in [1.82, 2.24) is 5.32 Å². The van der Waals surface area contributed by atoms with Crippen molar-refractivity contribution >= 4 is 23.2 Å². The van der Waals surface area contributed by atoms with Gasteiger partial charge in [0.25, 0.3) is 0 Å². The number of rotatable bonds is 14. The molecular formula is C31H43NO6S. The van der Waals surface area contributed by atoms with E-state index in [0.717, 1.165) is 18.8 Å². The van der Waals surface area contributed by atoms with E-state index in [1.807, 2.05) is 18.3 Å². The van der Waals surface area contributed by atoms with Crippen molar-refractivity contribution in [2.24, 2.45) is 11.8 Å². The Hall–Kier alpha value is -2.87. The topological polar surface area (TPSA) is 106 Å². The van der Waals surface area contributed by atoms with Gasteiger partial charge in [-0.15, -0.1) is 11.3 Å². The van der Waals surface area contributed by atoms with Crippen molar-refractivity contribution in [3.8, 4) is 5.75 Å². The van der Waals surface area contributed by atoms with Crippen molar-refractivity contribution in [2.75, 3.05) is 7.11 Å². The molecule has 0 aliphatic heterocycles. The standard InChI is InChI=1S/C31H43NO6S/c1-21(10-7-8-19-32-31(36)37-3)27-20-26(33)28(30(35)38-27)29(34)22(2)15-16-25-18-17-24(39-25)14-9-13-23-11-5-4-6-12-23/h8,17-23,33H,4-7,9-16H2,1-3H3,(H,32,36)/b19-8+. The number of thiophene rings is 1. The summed E-state index contributed by atoms with van der Waals surface area (Å²) in [5.41, 5.74) is -1.07. The summed E-state index contributed by atoms with van der Waals surface area (Å²) in [6.45, 7) is 3.67. The summed E-state index contributed by atoms with van der Waals surface area (Å²) in [5.74, 6) is -0.0539. The summed E-state index contributed by atoms with van der Waals surface area (Å²) < 4.78 is 9.92. The fraction of sp³-hybridized carbons (Fsp3) is 0.581. The average molecular weight is 558 g/mol. The Labute approximate surface area is 235 Å².